The highest BCUT2D eigenvalue weighted by Gasteiger charge is 2.36. The van der Waals surface area contributed by atoms with Crippen LogP contribution in [0.3, 0.4) is 0 Å². The fraction of sp³-hybridized carbons (Fsp3) is 0.261. The Morgan fingerprint density at radius 1 is 1.00 bits per heavy atom. The first-order valence-electron chi connectivity index (χ1n) is 10.7. The van der Waals surface area contributed by atoms with Crippen molar-refractivity contribution in [1.29, 1.82) is 0 Å². The third-order valence-electron chi connectivity index (χ3n) is 5.68. The van der Waals surface area contributed by atoms with Crippen LogP contribution in [-0.2, 0) is 9.59 Å². The molecule has 10 nitrogen and oxygen atoms in total. The van der Waals surface area contributed by atoms with Crippen LogP contribution in [0.5, 0.6) is 17.4 Å². The predicted octanol–water partition coefficient (Wildman–Crippen LogP) is 1.91. The topological polar surface area (TPSA) is 124 Å². The smallest absolute Gasteiger partial charge is 0.268 e. The molecule has 2 aliphatic heterocycles. The summed E-state index contributed by atoms with van der Waals surface area (Å²) >= 11 is 0. The minimum absolute atomic E-state index is 0.181. The third-order valence-corrected chi connectivity index (χ3v) is 5.68. The Balaban J connectivity index is 1.16. The van der Waals surface area contributed by atoms with Crippen LogP contribution >= 0.6 is 0 Å². The molecule has 2 N–H and O–H groups in total. The Bertz CT molecular complexity index is 1180. The maximum absolute atomic E-state index is 13.0. The van der Waals surface area contributed by atoms with Crippen LogP contribution in [0, 0.1) is 11.7 Å². The highest BCUT2D eigenvalue weighted by Crippen LogP contribution is 2.27. The number of benzene rings is 1. The van der Waals surface area contributed by atoms with Crippen LogP contribution in [0.25, 0.3) is 0 Å². The molecule has 0 aliphatic carbocycles. The summed E-state index contributed by atoms with van der Waals surface area (Å²) in [6.45, 7) is 1.46. The van der Waals surface area contributed by atoms with Crippen molar-refractivity contribution in [1.82, 2.24) is 15.0 Å². The van der Waals surface area contributed by atoms with Gasteiger partial charge in [0.15, 0.2) is 6.10 Å². The third kappa shape index (κ3) is 4.45. The monoisotopic (exact) mass is 464 g/mol. The lowest BCUT2D eigenvalue weighted by Crippen LogP contribution is -2.53. The molecule has 0 saturated carbocycles. The number of hydrogen-bond donors (Lipinski definition) is 1. The Kier molecular flexibility index (Phi) is 5.66. The molecule has 2 fully saturated rings. The molecule has 3 aromatic rings. The fourth-order valence-electron chi connectivity index (χ4n) is 3.74. The van der Waals surface area contributed by atoms with Gasteiger partial charge in [-0.2, -0.15) is 0 Å². The van der Waals surface area contributed by atoms with Gasteiger partial charge in [0.05, 0.1) is 30.2 Å². The van der Waals surface area contributed by atoms with E-state index in [9.17, 15) is 14.0 Å². The number of carbonyl (C=O) groups excluding carboxylic acids is 2. The van der Waals surface area contributed by atoms with Gasteiger partial charge in [-0.1, -0.05) is 0 Å². The van der Waals surface area contributed by atoms with Gasteiger partial charge >= 0.3 is 0 Å². The van der Waals surface area contributed by atoms with Crippen LogP contribution in [0.2, 0.25) is 0 Å². The van der Waals surface area contributed by atoms with E-state index in [-0.39, 0.29) is 23.5 Å². The molecule has 11 heteroatoms. The molecular formula is C23H21FN6O4. The second-order valence-corrected chi connectivity index (χ2v) is 8.02. The number of rotatable bonds is 7. The lowest BCUT2D eigenvalue weighted by atomic mass is 10.0. The number of pyridine rings is 1. The molecule has 0 spiro atoms. The number of primary amides is 1. The normalized spacial score (nSPS) is 18.0. The van der Waals surface area contributed by atoms with E-state index in [1.54, 1.807) is 29.4 Å². The Hall–Kier alpha value is -4.28. The fourth-order valence-corrected chi connectivity index (χ4v) is 3.74. The van der Waals surface area contributed by atoms with E-state index >= 15 is 0 Å². The summed E-state index contributed by atoms with van der Waals surface area (Å²) in [7, 11) is 0. The molecular weight excluding hydrogens is 443 g/mol. The zero-order valence-electron chi connectivity index (χ0n) is 18.0. The van der Waals surface area contributed by atoms with Crippen molar-refractivity contribution in [2.24, 2.45) is 11.7 Å². The maximum Gasteiger partial charge on any atom is 0.268 e. The lowest BCUT2D eigenvalue weighted by molar-refractivity contribution is -0.123. The number of amides is 2. The largest absolute Gasteiger partial charge is 0.479 e. The Morgan fingerprint density at radius 2 is 1.71 bits per heavy atom. The number of nitrogens with two attached hydrogens (primary N) is 1. The van der Waals surface area contributed by atoms with Gasteiger partial charge in [-0.15, -0.1) is 0 Å². The zero-order valence-corrected chi connectivity index (χ0v) is 18.0. The van der Waals surface area contributed by atoms with Crippen molar-refractivity contribution in [3.63, 3.8) is 0 Å². The van der Waals surface area contributed by atoms with Crippen molar-refractivity contribution < 1.29 is 23.5 Å². The summed E-state index contributed by atoms with van der Waals surface area (Å²) in [5.74, 6) is 0.650. The molecule has 1 aromatic carbocycles. The highest BCUT2D eigenvalue weighted by molar-refractivity contribution is 5.98. The van der Waals surface area contributed by atoms with E-state index in [0.29, 0.717) is 55.1 Å². The van der Waals surface area contributed by atoms with Crippen molar-refractivity contribution in [3.8, 4) is 17.4 Å². The summed E-state index contributed by atoms with van der Waals surface area (Å²) in [6.07, 6.45) is 4.49. The molecule has 2 saturated heterocycles. The summed E-state index contributed by atoms with van der Waals surface area (Å²) in [5, 5.41) is 0. The van der Waals surface area contributed by atoms with Crippen LogP contribution in [-0.4, -0.2) is 52.5 Å². The van der Waals surface area contributed by atoms with Crippen LogP contribution < -0.4 is 25.0 Å². The van der Waals surface area contributed by atoms with Crippen LogP contribution in [0.15, 0.2) is 55.0 Å². The van der Waals surface area contributed by atoms with E-state index in [4.69, 9.17) is 15.2 Å². The van der Waals surface area contributed by atoms with Gasteiger partial charge in [0.2, 0.25) is 17.7 Å². The molecule has 2 aliphatic rings. The molecule has 2 aromatic heterocycles. The van der Waals surface area contributed by atoms with E-state index < -0.39 is 6.10 Å². The van der Waals surface area contributed by atoms with Crippen molar-refractivity contribution in [2.45, 2.75) is 12.5 Å². The van der Waals surface area contributed by atoms with Crippen molar-refractivity contribution in [2.75, 3.05) is 29.4 Å². The average molecular weight is 464 g/mol. The number of aromatic nitrogens is 3. The molecule has 1 atom stereocenters. The summed E-state index contributed by atoms with van der Waals surface area (Å²) in [6, 6.07) is 8.88. The number of nitrogens with zero attached hydrogens (tertiary/aromatic N) is 5. The lowest BCUT2D eigenvalue weighted by Gasteiger charge is -2.37. The average Bonchev–Trinajstić information content (AvgIpc) is 3.16. The van der Waals surface area contributed by atoms with Crippen molar-refractivity contribution in [3.05, 3.63) is 60.8 Å². The molecule has 0 bridgehead atoms. The summed E-state index contributed by atoms with van der Waals surface area (Å²) in [4.78, 5) is 40.3. The first kappa shape index (κ1) is 21.6. The minimum atomic E-state index is -0.656. The summed E-state index contributed by atoms with van der Waals surface area (Å²) in [5.41, 5.74) is 5.86. The van der Waals surface area contributed by atoms with Gasteiger partial charge in [-0.05, 0) is 30.3 Å². The molecule has 174 valence electrons. The SMILES string of the molecule is NC(=O)C1CN(c2ncc(N3CC[C@@H](Oc4ccc(Oc5ccc(F)cc5)nc4)C3=O)cn2)C1. The number of anilines is 2. The highest BCUT2D eigenvalue weighted by atomic mass is 19.1. The molecule has 34 heavy (non-hydrogen) atoms. The van der Waals surface area contributed by atoms with Crippen LogP contribution in [0.4, 0.5) is 16.0 Å². The van der Waals surface area contributed by atoms with Gasteiger partial charge in [0.25, 0.3) is 5.91 Å². The van der Waals surface area contributed by atoms with Gasteiger partial charge in [-0.3, -0.25) is 9.59 Å². The first-order chi connectivity index (χ1) is 16.5. The summed E-state index contributed by atoms with van der Waals surface area (Å²) < 4.78 is 24.4. The molecule has 0 unspecified atom stereocenters. The molecule has 2 amide bonds. The number of carbonyl (C=O) groups is 2. The Morgan fingerprint density at radius 3 is 2.35 bits per heavy atom. The Labute approximate surface area is 194 Å². The van der Waals surface area contributed by atoms with Crippen LogP contribution in [0.1, 0.15) is 6.42 Å². The second kappa shape index (κ2) is 8.93. The standard InChI is InChI=1S/C23H21FN6O4/c24-15-1-3-17(4-2-15)34-20-6-5-18(11-26-20)33-19-7-8-30(22(19)32)16-9-27-23(28-10-16)29-12-14(13-29)21(25)31/h1-6,9-11,14,19H,7-8,12-13H2,(H2,25,31)/t19-/m1/s1. The van der Waals surface area contributed by atoms with E-state index in [1.165, 1.54) is 30.5 Å². The number of hydrogen-bond acceptors (Lipinski definition) is 8. The first-order valence-corrected chi connectivity index (χ1v) is 10.7. The second-order valence-electron chi connectivity index (χ2n) is 8.02. The van der Waals surface area contributed by atoms with E-state index in [1.807, 2.05) is 4.90 Å². The van der Waals surface area contributed by atoms with Gasteiger partial charge in [0.1, 0.15) is 17.3 Å². The zero-order chi connectivity index (χ0) is 23.7. The van der Waals surface area contributed by atoms with Gasteiger partial charge < -0.3 is 25.0 Å². The molecule has 0 radical (unpaired) electrons. The molecule has 5 rings (SSSR count). The van der Waals surface area contributed by atoms with Gasteiger partial charge in [0, 0.05) is 32.1 Å². The van der Waals surface area contributed by atoms with Crippen molar-refractivity contribution >= 4 is 23.5 Å². The van der Waals surface area contributed by atoms with Gasteiger partial charge in [-0.25, -0.2) is 19.3 Å². The predicted molar refractivity (Wildman–Crippen MR) is 119 cm³/mol. The maximum atomic E-state index is 13.0. The quantitative estimate of drug-likeness (QED) is 0.562. The van der Waals surface area contributed by atoms with E-state index in [0.717, 1.165) is 0 Å². The molecule has 4 heterocycles. The number of ether oxygens (including phenoxy) is 2. The number of halogens is 1. The van der Waals surface area contributed by atoms with E-state index in [2.05, 4.69) is 15.0 Å². The minimum Gasteiger partial charge on any atom is -0.479 e.